The van der Waals surface area contributed by atoms with E-state index in [-0.39, 0.29) is 18.7 Å². The molecule has 1 aliphatic heterocycles. The fourth-order valence-electron chi connectivity index (χ4n) is 3.14. The SMILES string of the molecule is C[C@H](c1cccc([N+](=O)[O-])c1)N(C)C(=O)CN1C(=O)Cc2ccccc2C1=O. The van der Waals surface area contributed by atoms with Crippen molar-refractivity contribution in [2.24, 2.45) is 0 Å². The quantitative estimate of drug-likeness (QED) is 0.449. The van der Waals surface area contributed by atoms with Crippen LogP contribution in [0.15, 0.2) is 48.5 Å². The number of amides is 3. The van der Waals surface area contributed by atoms with E-state index < -0.39 is 28.7 Å². The lowest BCUT2D eigenvalue weighted by molar-refractivity contribution is -0.384. The number of fused-ring (bicyclic) bond motifs is 1. The second kappa shape index (κ2) is 7.59. The van der Waals surface area contributed by atoms with Gasteiger partial charge in [0.1, 0.15) is 6.54 Å². The number of nitro benzene ring substituents is 1. The second-order valence-electron chi connectivity index (χ2n) is 6.65. The molecule has 0 saturated heterocycles. The zero-order valence-corrected chi connectivity index (χ0v) is 15.5. The minimum absolute atomic E-state index is 0.0665. The van der Waals surface area contributed by atoms with Crippen LogP contribution in [0.1, 0.15) is 34.5 Å². The maximum atomic E-state index is 12.7. The summed E-state index contributed by atoms with van der Waals surface area (Å²) in [6, 6.07) is 12.4. The number of hydrogen-bond acceptors (Lipinski definition) is 5. The van der Waals surface area contributed by atoms with Gasteiger partial charge in [-0.1, -0.05) is 30.3 Å². The highest BCUT2D eigenvalue weighted by molar-refractivity contribution is 6.11. The van der Waals surface area contributed by atoms with Crippen LogP contribution in [-0.4, -0.2) is 46.0 Å². The number of benzene rings is 2. The first-order chi connectivity index (χ1) is 13.3. The van der Waals surface area contributed by atoms with Crippen LogP contribution in [-0.2, 0) is 16.0 Å². The number of rotatable bonds is 5. The topological polar surface area (TPSA) is 101 Å². The summed E-state index contributed by atoms with van der Waals surface area (Å²) in [5, 5.41) is 11.0. The van der Waals surface area contributed by atoms with Gasteiger partial charge in [-0.3, -0.25) is 29.4 Å². The van der Waals surface area contributed by atoms with E-state index in [0.717, 1.165) is 4.90 Å². The standard InChI is InChI=1S/C20H19N3O5/c1-13(14-7-5-8-16(10-14)23(27)28)21(2)19(25)12-22-18(24)11-15-6-3-4-9-17(15)20(22)26/h3-10,13H,11-12H2,1-2H3/t13-/m1/s1. The Morgan fingerprint density at radius 2 is 1.93 bits per heavy atom. The summed E-state index contributed by atoms with van der Waals surface area (Å²) in [6.07, 6.45) is 0.0688. The number of nitro groups is 1. The lowest BCUT2D eigenvalue weighted by Gasteiger charge is -2.30. The van der Waals surface area contributed by atoms with Crippen LogP contribution in [0.4, 0.5) is 5.69 Å². The van der Waals surface area contributed by atoms with Gasteiger partial charge >= 0.3 is 0 Å². The predicted octanol–water partition coefficient (Wildman–Crippen LogP) is 2.34. The third-order valence-corrected chi connectivity index (χ3v) is 4.97. The van der Waals surface area contributed by atoms with E-state index in [2.05, 4.69) is 0 Å². The monoisotopic (exact) mass is 381 g/mol. The summed E-state index contributed by atoms with van der Waals surface area (Å²) < 4.78 is 0. The van der Waals surface area contributed by atoms with Crippen molar-refractivity contribution in [1.29, 1.82) is 0 Å². The number of hydrogen-bond donors (Lipinski definition) is 0. The van der Waals surface area contributed by atoms with Gasteiger partial charge in [-0.25, -0.2) is 0 Å². The molecule has 0 bridgehead atoms. The number of nitrogens with zero attached hydrogens (tertiary/aromatic N) is 3. The van der Waals surface area contributed by atoms with E-state index in [4.69, 9.17) is 0 Å². The van der Waals surface area contributed by atoms with Crippen molar-refractivity contribution in [3.63, 3.8) is 0 Å². The second-order valence-corrected chi connectivity index (χ2v) is 6.65. The Kier molecular flexibility index (Phi) is 5.21. The van der Waals surface area contributed by atoms with Crippen LogP contribution in [0.2, 0.25) is 0 Å². The summed E-state index contributed by atoms with van der Waals surface area (Å²) in [4.78, 5) is 50.4. The Bertz CT molecular complexity index is 972. The van der Waals surface area contributed by atoms with Crippen LogP contribution in [0.25, 0.3) is 0 Å². The lowest BCUT2D eigenvalue weighted by atomic mass is 9.98. The third kappa shape index (κ3) is 3.62. The minimum Gasteiger partial charge on any atom is -0.337 e. The first-order valence-electron chi connectivity index (χ1n) is 8.72. The van der Waals surface area contributed by atoms with Gasteiger partial charge in [-0.05, 0) is 24.1 Å². The summed E-state index contributed by atoms with van der Waals surface area (Å²) >= 11 is 0. The van der Waals surface area contributed by atoms with Gasteiger partial charge in [-0.2, -0.15) is 0 Å². The molecule has 3 amide bonds. The Morgan fingerprint density at radius 1 is 1.21 bits per heavy atom. The molecule has 0 unspecified atom stereocenters. The molecule has 0 N–H and O–H groups in total. The molecule has 1 atom stereocenters. The van der Waals surface area contributed by atoms with E-state index in [1.807, 2.05) is 0 Å². The average Bonchev–Trinajstić information content (AvgIpc) is 2.69. The van der Waals surface area contributed by atoms with Crippen molar-refractivity contribution in [1.82, 2.24) is 9.80 Å². The maximum absolute atomic E-state index is 12.7. The summed E-state index contributed by atoms with van der Waals surface area (Å²) in [7, 11) is 1.54. The Hall–Kier alpha value is -3.55. The Morgan fingerprint density at radius 3 is 2.64 bits per heavy atom. The van der Waals surface area contributed by atoms with E-state index in [0.29, 0.717) is 16.7 Å². The minimum atomic E-state index is -0.499. The van der Waals surface area contributed by atoms with Crippen LogP contribution in [0, 0.1) is 10.1 Å². The van der Waals surface area contributed by atoms with E-state index in [1.165, 1.54) is 17.0 Å². The molecule has 3 rings (SSSR count). The van der Waals surface area contributed by atoms with Gasteiger partial charge in [0.15, 0.2) is 0 Å². The summed E-state index contributed by atoms with van der Waals surface area (Å²) in [5.74, 6) is -1.34. The van der Waals surface area contributed by atoms with Crippen molar-refractivity contribution in [3.8, 4) is 0 Å². The molecule has 1 aliphatic rings. The molecule has 1 heterocycles. The van der Waals surface area contributed by atoms with Crippen LogP contribution in [0.5, 0.6) is 0 Å². The first-order valence-corrected chi connectivity index (χ1v) is 8.72. The molecule has 2 aromatic rings. The zero-order chi connectivity index (χ0) is 20.4. The van der Waals surface area contributed by atoms with Gasteiger partial charge in [-0.15, -0.1) is 0 Å². The molecule has 0 fully saturated rings. The molecule has 0 radical (unpaired) electrons. The molecular weight excluding hydrogens is 362 g/mol. The molecule has 8 nitrogen and oxygen atoms in total. The fourth-order valence-corrected chi connectivity index (χ4v) is 3.14. The number of carbonyl (C=O) groups is 3. The molecule has 144 valence electrons. The average molecular weight is 381 g/mol. The van der Waals surface area contributed by atoms with Crippen molar-refractivity contribution in [2.45, 2.75) is 19.4 Å². The Labute approximate surface area is 161 Å². The smallest absolute Gasteiger partial charge is 0.269 e. The number of imide groups is 1. The molecule has 0 spiro atoms. The highest BCUT2D eigenvalue weighted by atomic mass is 16.6. The van der Waals surface area contributed by atoms with Crippen LogP contribution < -0.4 is 0 Å². The van der Waals surface area contributed by atoms with Gasteiger partial charge < -0.3 is 4.90 Å². The normalized spacial score (nSPS) is 14.4. The largest absolute Gasteiger partial charge is 0.337 e. The molecule has 28 heavy (non-hydrogen) atoms. The van der Waals surface area contributed by atoms with Crippen molar-refractivity contribution in [2.75, 3.05) is 13.6 Å². The number of likely N-dealkylation sites (N-methyl/N-ethyl adjacent to an activating group) is 1. The maximum Gasteiger partial charge on any atom is 0.269 e. The molecule has 0 saturated carbocycles. The first kappa shape index (κ1) is 19.2. The fraction of sp³-hybridized carbons (Fsp3) is 0.250. The van der Waals surface area contributed by atoms with E-state index >= 15 is 0 Å². The summed E-state index contributed by atoms with van der Waals surface area (Å²) in [5.41, 5.74) is 1.60. The third-order valence-electron chi connectivity index (χ3n) is 4.97. The zero-order valence-electron chi connectivity index (χ0n) is 15.5. The van der Waals surface area contributed by atoms with Gasteiger partial charge in [0.2, 0.25) is 11.8 Å². The summed E-state index contributed by atoms with van der Waals surface area (Å²) in [6.45, 7) is 1.36. The Balaban J connectivity index is 1.75. The number of carbonyl (C=O) groups excluding carboxylic acids is 3. The lowest BCUT2D eigenvalue weighted by Crippen LogP contribution is -2.48. The van der Waals surface area contributed by atoms with Gasteiger partial charge in [0.05, 0.1) is 17.4 Å². The van der Waals surface area contributed by atoms with Gasteiger partial charge in [0, 0.05) is 24.7 Å². The van der Waals surface area contributed by atoms with Crippen molar-refractivity contribution < 1.29 is 19.3 Å². The molecule has 8 heteroatoms. The van der Waals surface area contributed by atoms with Crippen molar-refractivity contribution in [3.05, 3.63) is 75.3 Å². The molecule has 0 aromatic heterocycles. The molecule has 0 aliphatic carbocycles. The predicted molar refractivity (Wildman–Crippen MR) is 100 cm³/mol. The highest BCUT2D eigenvalue weighted by Gasteiger charge is 2.33. The van der Waals surface area contributed by atoms with E-state index in [1.54, 1.807) is 50.4 Å². The van der Waals surface area contributed by atoms with Crippen LogP contribution in [0.3, 0.4) is 0 Å². The van der Waals surface area contributed by atoms with Gasteiger partial charge in [0.25, 0.3) is 11.6 Å². The molecule has 2 aromatic carbocycles. The van der Waals surface area contributed by atoms with Crippen LogP contribution >= 0.6 is 0 Å². The highest BCUT2D eigenvalue weighted by Crippen LogP contribution is 2.24. The molecular formula is C20H19N3O5. The van der Waals surface area contributed by atoms with Crippen molar-refractivity contribution >= 4 is 23.4 Å². The number of non-ortho nitro benzene ring substituents is 1. The van der Waals surface area contributed by atoms with E-state index in [9.17, 15) is 24.5 Å².